The molecule has 3 aromatic rings. The number of hydrogen-bond donors (Lipinski definition) is 3. The zero-order valence-electron chi connectivity index (χ0n) is 19.5. The Morgan fingerprint density at radius 2 is 1.83 bits per heavy atom. The lowest BCUT2D eigenvalue weighted by atomic mass is 9.98. The number of ether oxygens (including phenoxy) is 2. The van der Waals surface area contributed by atoms with Crippen LogP contribution < -0.4 is 0 Å². The summed E-state index contributed by atoms with van der Waals surface area (Å²) in [6.45, 7) is -0.234. The van der Waals surface area contributed by atoms with Gasteiger partial charge < -0.3 is 29.4 Å². The third-order valence-corrected chi connectivity index (χ3v) is 6.85. The molecule has 35 heavy (non-hydrogen) atoms. The molecule has 0 amide bonds. The number of aliphatic hydroxyl groups is 3. The number of aromatic nitrogens is 1. The van der Waals surface area contributed by atoms with Gasteiger partial charge in [-0.05, 0) is 47.9 Å². The monoisotopic (exact) mass is 478 g/mol. The summed E-state index contributed by atoms with van der Waals surface area (Å²) in [7, 11) is 1.26. The summed E-state index contributed by atoms with van der Waals surface area (Å²) in [5.41, 5.74) is 4.48. The standard InChI is InChI=1S/C27H30N2O6/c1-34-23(30)14-28-13-22-24(31)25(32)26(33)27(35-22)29-15-19(20-4-2-3-5-21(20)29)12-16-6-8-17(9-7-16)18-10-11-18/h2-9,13,15,18,22,24-27,31-33H,10-12,14H2,1H3/t22-,24-,25+,26-,27-/m1/s1. The van der Waals surface area contributed by atoms with Gasteiger partial charge in [0, 0.05) is 17.8 Å². The van der Waals surface area contributed by atoms with Crippen molar-refractivity contribution in [2.75, 3.05) is 13.7 Å². The van der Waals surface area contributed by atoms with E-state index in [4.69, 9.17) is 4.74 Å². The Morgan fingerprint density at radius 3 is 2.54 bits per heavy atom. The van der Waals surface area contributed by atoms with Crippen molar-refractivity contribution >= 4 is 23.1 Å². The second-order valence-electron chi connectivity index (χ2n) is 9.30. The minimum atomic E-state index is -1.46. The molecule has 8 nitrogen and oxygen atoms in total. The van der Waals surface area contributed by atoms with Gasteiger partial charge in [-0.2, -0.15) is 0 Å². The Balaban J connectivity index is 1.43. The van der Waals surface area contributed by atoms with Gasteiger partial charge in [0.2, 0.25) is 0 Å². The van der Waals surface area contributed by atoms with Gasteiger partial charge in [-0.15, -0.1) is 0 Å². The highest BCUT2D eigenvalue weighted by Gasteiger charge is 2.44. The summed E-state index contributed by atoms with van der Waals surface area (Å²) in [6.07, 6.45) is 0.265. The molecule has 184 valence electrons. The molecule has 0 spiro atoms. The van der Waals surface area contributed by atoms with Gasteiger partial charge in [0.15, 0.2) is 6.23 Å². The van der Waals surface area contributed by atoms with E-state index in [9.17, 15) is 20.1 Å². The summed E-state index contributed by atoms with van der Waals surface area (Å²) >= 11 is 0. The minimum absolute atomic E-state index is 0.234. The van der Waals surface area contributed by atoms with E-state index in [1.807, 2.05) is 30.5 Å². The number of nitrogens with zero attached hydrogens (tertiary/aromatic N) is 2. The molecular formula is C27H30N2O6. The predicted octanol–water partition coefficient (Wildman–Crippen LogP) is 2.33. The zero-order chi connectivity index (χ0) is 24.5. The summed E-state index contributed by atoms with van der Waals surface area (Å²) < 4.78 is 12.4. The van der Waals surface area contributed by atoms with Gasteiger partial charge in [0.05, 0.1) is 12.6 Å². The number of benzene rings is 2. The molecule has 0 unspecified atom stereocenters. The molecule has 5 rings (SSSR count). The first-order chi connectivity index (χ1) is 17.0. The lowest BCUT2D eigenvalue weighted by Crippen LogP contribution is -2.55. The first-order valence-electron chi connectivity index (χ1n) is 11.9. The van der Waals surface area contributed by atoms with Crippen LogP contribution in [0.4, 0.5) is 0 Å². The topological polar surface area (TPSA) is 114 Å². The average molecular weight is 479 g/mol. The molecule has 2 heterocycles. The molecule has 1 aliphatic heterocycles. The Bertz CT molecular complexity index is 1220. The minimum Gasteiger partial charge on any atom is -0.468 e. The van der Waals surface area contributed by atoms with Crippen LogP contribution in [0.25, 0.3) is 10.9 Å². The lowest BCUT2D eigenvalue weighted by molar-refractivity contribution is -0.225. The molecule has 1 saturated carbocycles. The van der Waals surface area contributed by atoms with Crippen molar-refractivity contribution in [2.45, 2.75) is 55.8 Å². The number of rotatable bonds is 7. The van der Waals surface area contributed by atoms with Gasteiger partial charge >= 0.3 is 5.97 Å². The van der Waals surface area contributed by atoms with Crippen LogP contribution in [0.1, 0.15) is 41.7 Å². The first kappa shape index (κ1) is 23.7. The van der Waals surface area contributed by atoms with Crippen LogP contribution in [-0.4, -0.2) is 70.1 Å². The van der Waals surface area contributed by atoms with Gasteiger partial charge in [0.25, 0.3) is 0 Å². The fraction of sp³-hybridized carbons (Fsp3) is 0.407. The van der Waals surface area contributed by atoms with Crippen molar-refractivity contribution in [3.63, 3.8) is 0 Å². The summed E-state index contributed by atoms with van der Waals surface area (Å²) in [5, 5.41) is 32.8. The van der Waals surface area contributed by atoms with Crippen molar-refractivity contribution in [1.29, 1.82) is 0 Å². The average Bonchev–Trinajstić information content (AvgIpc) is 3.67. The fourth-order valence-electron chi connectivity index (χ4n) is 4.71. The van der Waals surface area contributed by atoms with Crippen LogP contribution >= 0.6 is 0 Å². The number of esters is 1. The van der Waals surface area contributed by atoms with Crippen molar-refractivity contribution in [1.82, 2.24) is 4.57 Å². The molecule has 8 heteroatoms. The van der Waals surface area contributed by atoms with Crippen LogP contribution in [-0.2, 0) is 20.7 Å². The largest absolute Gasteiger partial charge is 0.468 e. The number of methoxy groups -OCH3 is 1. The molecular weight excluding hydrogens is 448 g/mol. The number of aliphatic imine (C=N–C) groups is 1. The van der Waals surface area contributed by atoms with E-state index < -0.39 is 36.6 Å². The molecule has 0 bridgehead atoms. The normalized spacial score (nSPS) is 26.9. The molecule has 0 radical (unpaired) electrons. The van der Waals surface area contributed by atoms with Gasteiger partial charge in [0.1, 0.15) is 31.0 Å². The Hall–Kier alpha value is -3.04. The van der Waals surface area contributed by atoms with E-state index in [0.29, 0.717) is 12.3 Å². The number of carbonyl (C=O) groups is 1. The highest BCUT2D eigenvalue weighted by atomic mass is 16.5. The van der Waals surface area contributed by atoms with Crippen molar-refractivity contribution in [3.05, 3.63) is 71.4 Å². The molecule has 1 aromatic heterocycles. The van der Waals surface area contributed by atoms with Gasteiger partial charge in [-0.1, -0.05) is 42.5 Å². The molecule has 2 fully saturated rings. The summed E-state index contributed by atoms with van der Waals surface area (Å²) in [5.74, 6) is 0.177. The summed E-state index contributed by atoms with van der Waals surface area (Å²) in [6, 6.07) is 16.6. The zero-order valence-corrected chi connectivity index (χ0v) is 19.5. The molecule has 1 aliphatic carbocycles. The molecule has 3 N–H and O–H groups in total. The van der Waals surface area contributed by atoms with E-state index in [1.165, 1.54) is 37.3 Å². The second kappa shape index (κ2) is 9.91. The Morgan fingerprint density at radius 1 is 1.09 bits per heavy atom. The number of para-hydroxylation sites is 1. The fourth-order valence-corrected chi connectivity index (χ4v) is 4.71. The highest BCUT2D eigenvalue weighted by molar-refractivity contribution is 5.84. The highest BCUT2D eigenvalue weighted by Crippen LogP contribution is 2.40. The predicted molar refractivity (Wildman–Crippen MR) is 130 cm³/mol. The van der Waals surface area contributed by atoms with Crippen LogP contribution in [0.15, 0.2) is 59.7 Å². The SMILES string of the molecule is COC(=O)CN=C[C@H]1O[C@@H](n2cc(Cc3ccc(C4CC4)cc3)c3ccccc32)[C@H](O)[C@@H](O)[C@@H]1O. The molecule has 2 aromatic carbocycles. The number of aliphatic hydroxyl groups excluding tert-OH is 3. The van der Waals surface area contributed by atoms with Crippen molar-refractivity contribution in [2.24, 2.45) is 4.99 Å². The summed E-state index contributed by atoms with van der Waals surface area (Å²) in [4.78, 5) is 15.3. The third kappa shape index (κ3) is 4.88. The van der Waals surface area contributed by atoms with E-state index in [-0.39, 0.29) is 6.54 Å². The van der Waals surface area contributed by atoms with Gasteiger partial charge in [-0.25, -0.2) is 0 Å². The lowest BCUT2D eigenvalue weighted by Gasteiger charge is -2.40. The van der Waals surface area contributed by atoms with Crippen LogP contribution in [0.2, 0.25) is 0 Å². The second-order valence-corrected chi connectivity index (χ2v) is 9.30. The van der Waals surface area contributed by atoms with E-state index >= 15 is 0 Å². The molecule has 2 aliphatic rings. The molecule has 5 atom stereocenters. The number of hydrogen-bond acceptors (Lipinski definition) is 7. The molecule has 1 saturated heterocycles. The third-order valence-electron chi connectivity index (χ3n) is 6.85. The van der Waals surface area contributed by atoms with E-state index in [1.54, 1.807) is 4.57 Å². The quantitative estimate of drug-likeness (QED) is 0.355. The smallest absolute Gasteiger partial charge is 0.327 e. The Kier molecular flexibility index (Phi) is 6.71. The number of fused-ring (bicyclic) bond motifs is 1. The van der Waals surface area contributed by atoms with E-state index in [2.05, 4.69) is 34.0 Å². The van der Waals surface area contributed by atoms with Crippen molar-refractivity contribution < 1.29 is 29.6 Å². The van der Waals surface area contributed by atoms with Crippen molar-refractivity contribution in [3.8, 4) is 0 Å². The van der Waals surface area contributed by atoms with Crippen LogP contribution in [0.3, 0.4) is 0 Å². The van der Waals surface area contributed by atoms with Gasteiger partial charge in [-0.3, -0.25) is 9.79 Å². The number of carbonyl (C=O) groups excluding carboxylic acids is 1. The van der Waals surface area contributed by atoms with E-state index in [0.717, 1.165) is 16.5 Å². The van der Waals surface area contributed by atoms with Crippen LogP contribution in [0, 0.1) is 0 Å². The first-order valence-corrected chi connectivity index (χ1v) is 11.9. The van der Waals surface area contributed by atoms with Crippen LogP contribution in [0.5, 0.6) is 0 Å². The maximum atomic E-state index is 11.4. The maximum absolute atomic E-state index is 11.4. The maximum Gasteiger partial charge on any atom is 0.327 e. The Labute approximate surface area is 203 Å².